The Hall–Kier alpha value is -2.12. The SMILES string of the molecule is Cc1ccc2c(n1)sc1c(=O)n(-c3cccc(Br)c3)nnc12. The highest BCUT2D eigenvalue weighted by Gasteiger charge is 2.14. The number of benzene rings is 1. The van der Waals surface area contributed by atoms with Crippen molar-refractivity contribution in [3.8, 4) is 5.69 Å². The molecule has 1 aromatic carbocycles. The monoisotopic (exact) mass is 372 g/mol. The van der Waals surface area contributed by atoms with Crippen LogP contribution in [-0.2, 0) is 0 Å². The van der Waals surface area contributed by atoms with E-state index in [4.69, 9.17) is 0 Å². The third kappa shape index (κ3) is 2.05. The highest BCUT2D eigenvalue weighted by atomic mass is 79.9. The molecule has 22 heavy (non-hydrogen) atoms. The van der Waals surface area contributed by atoms with Crippen LogP contribution in [0.4, 0.5) is 0 Å². The average molecular weight is 373 g/mol. The number of thiophene rings is 1. The second-order valence-corrected chi connectivity index (χ2v) is 6.79. The minimum absolute atomic E-state index is 0.177. The minimum atomic E-state index is -0.177. The van der Waals surface area contributed by atoms with Gasteiger partial charge in [0.15, 0.2) is 0 Å². The normalized spacial score (nSPS) is 11.4. The van der Waals surface area contributed by atoms with Gasteiger partial charge in [-0.15, -0.1) is 16.4 Å². The molecule has 5 nitrogen and oxygen atoms in total. The summed E-state index contributed by atoms with van der Waals surface area (Å²) in [5, 5.41) is 9.18. The quantitative estimate of drug-likeness (QED) is 0.513. The van der Waals surface area contributed by atoms with E-state index >= 15 is 0 Å². The summed E-state index contributed by atoms with van der Waals surface area (Å²) in [6.45, 7) is 1.93. The van der Waals surface area contributed by atoms with Crippen LogP contribution < -0.4 is 5.56 Å². The molecule has 7 heteroatoms. The Bertz CT molecular complexity index is 1090. The van der Waals surface area contributed by atoms with Crippen molar-refractivity contribution in [3.63, 3.8) is 0 Å². The van der Waals surface area contributed by atoms with Crippen LogP contribution in [0.5, 0.6) is 0 Å². The van der Waals surface area contributed by atoms with E-state index in [1.165, 1.54) is 16.0 Å². The molecule has 0 N–H and O–H groups in total. The summed E-state index contributed by atoms with van der Waals surface area (Å²) in [6.07, 6.45) is 0. The van der Waals surface area contributed by atoms with Gasteiger partial charge in [0.25, 0.3) is 5.56 Å². The number of halogens is 1. The lowest BCUT2D eigenvalue weighted by molar-refractivity contribution is 0.740. The molecule has 4 rings (SSSR count). The van der Waals surface area contributed by atoms with Gasteiger partial charge in [-0.05, 0) is 37.3 Å². The summed E-state index contributed by atoms with van der Waals surface area (Å²) in [7, 11) is 0. The second kappa shape index (κ2) is 4.96. The predicted octanol–water partition coefficient (Wildman–Crippen LogP) is 3.46. The Morgan fingerprint density at radius 3 is 2.91 bits per heavy atom. The highest BCUT2D eigenvalue weighted by Crippen LogP contribution is 2.28. The first kappa shape index (κ1) is 13.5. The van der Waals surface area contributed by atoms with E-state index in [0.717, 1.165) is 20.4 Å². The molecule has 4 aromatic rings. The van der Waals surface area contributed by atoms with E-state index < -0.39 is 0 Å². The average Bonchev–Trinajstić information content (AvgIpc) is 2.86. The van der Waals surface area contributed by atoms with Crippen LogP contribution in [0.3, 0.4) is 0 Å². The van der Waals surface area contributed by atoms with Gasteiger partial charge in [0.2, 0.25) is 0 Å². The van der Waals surface area contributed by atoms with Crippen molar-refractivity contribution in [3.05, 3.63) is 56.9 Å². The van der Waals surface area contributed by atoms with Gasteiger partial charge in [0.1, 0.15) is 15.0 Å². The van der Waals surface area contributed by atoms with Crippen LogP contribution >= 0.6 is 27.3 Å². The molecule has 0 saturated carbocycles. The summed E-state index contributed by atoms with van der Waals surface area (Å²) >= 11 is 4.76. The van der Waals surface area contributed by atoms with E-state index in [0.29, 0.717) is 15.9 Å². The topological polar surface area (TPSA) is 60.7 Å². The first-order valence-electron chi connectivity index (χ1n) is 6.55. The summed E-state index contributed by atoms with van der Waals surface area (Å²) in [5.41, 5.74) is 2.03. The standard InChI is InChI=1S/C15H9BrN4OS/c1-8-5-6-11-12-13(22-14(11)17-8)15(21)20(19-18-12)10-4-2-3-9(16)7-10/h2-7H,1H3. The lowest BCUT2D eigenvalue weighted by Crippen LogP contribution is -2.21. The number of pyridine rings is 1. The molecule has 0 aliphatic rings. The molecule has 0 aliphatic carbocycles. The van der Waals surface area contributed by atoms with Crippen LogP contribution in [0.25, 0.3) is 26.1 Å². The van der Waals surface area contributed by atoms with E-state index in [2.05, 4.69) is 31.2 Å². The maximum Gasteiger partial charge on any atom is 0.292 e. The third-order valence-corrected chi connectivity index (χ3v) is 4.91. The number of nitrogens with zero attached hydrogens (tertiary/aromatic N) is 4. The van der Waals surface area contributed by atoms with Crippen molar-refractivity contribution in [2.24, 2.45) is 0 Å². The molecule has 0 fully saturated rings. The fourth-order valence-electron chi connectivity index (χ4n) is 2.31. The molecule has 0 aliphatic heterocycles. The molecule has 0 saturated heterocycles. The predicted molar refractivity (Wildman–Crippen MR) is 90.8 cm³/mol. The summed E-state index contributed by atoms with van der Waals surface area (Å²) in [4.78, 5) is 18.0. The Kier molecular flexibility index (Phi) is 3.05. The first-order chi connectivity index (χ1) is 10.6. The van der Waals surface area contributed by atoms with E-state index in [9.17, 15) is 4.79 Å². The number of rotatable bonds is 1. The molecule has 0 unspecified atom stereocenters. The van der Waals surface area contributed by atoms with Crippen molar-refractivity contribution >= 4 is 47.7 Å². The zero-order chi connectivity index (χ0) is 15.3. The van der Waals surface area contributed by atoms with Crippen LogP contribution in [0.1, 0.15) is 5.69 Å². The van der Waals surface area contributed by atoms with Crippen LogP contribution in [-0.4, -0.2) is 20.0 Å². The minimum Gasteiger partial charge on any atom is -0.266 e. The second-order valence-electron chi connectivity index (χ2n) is 4.87. The van der Waals surface area contributed by atoms with Crippen LogP contribution in [0.15, 0.2) is 45.7 Å². The van der Waals surface area contributed by atoms with Crippen molar-refractivity contribution in [2.45, 2.75) is 6.92 Å². The highest BCUT2D eigenvalue weighted by molar-refractivity contribution is 9.10. The molecule has 0 spiro atoms. The van der Waals surface area contributed by atoms with Crippen LogP contribution in [0.2, 0.25) is 0 Å². The number of aromatic nitrogens is 4. The molecular formula is C15H9BrN4OS. The number of aryl methyl sites for hydroxylation is 1. The molecular weight excluding hydrogens is 364 g/mol. The maximum absolute atomic E-state index is 12.7. The first-order valence-corrected chi connectivity index (χ1v) is 8.16. The van der Waals surface area contributed by atoms with Crippen molar-refractivity contribution < 1.29 is 0 Å². The Morgan fingerprint density at radius 1 is 1.23 bits per heavy atom. The third-order valence-electron chi connectivity index (χ3n) is 3.34. The maximum atomic E-state index is 12.7. The molecule has 0 amide bonds. The molecule has 0 radical (unpaired) electrons. The van der Waals surface area contributed by atoms with E-state index in [-0.39, 0.29) is 5.56 Å². The lowest BCUT2D eigenvalue weighted by atomic mass is 10.3. The Balaban J connectivity index is 2.05. The smallest absolute Gasteiger partial charge is 0.266 e. The van der Waals surface area contributed by atoms with Gasteiger partial charge < -0.3 is 0 Å². The fourth-order valence-corrected chi connectivity index (χ4v) is 3.77. The molecule has 0 bridgehead atoms. The van der Waals surface area contributed by atoms with Gasteiger partial charge in [0.05, 0.1) is 5.69 Å². The van der Waals surface area contributed by atoms with Gasteiger partial charge in [-0.1, -0.05) is 27.2 Å². The molecule has 108 valence electrons. The lowest BCUT2D eigenvalue weighted by Gasteiger charge is -2.03. The summed E-state index contributed by atoms with van der Waals surface area (Å²) in [6, 6.07) is 11.3. The molecule has 0 atom stereocenters. The van der Waals surface area contributed by atoms with Gasteiger partial charge in [-0.3, -0.25) is 4.79 Å². The number of hydrogen-bond donors (Lipinski definition) is 0. The van der Waals surface area contributed by atoms with Gasteiger partial charge in [-0.2, -0.15) is 4.68 Å². The van der Waals surface area contributed by atoms with Crippen molar-refractivity contribution in [1.82, 2.24) is 20.0 Å². The number of hydrogen-bond acceptors (Lipinski definition) is 5. The van der Waals surface area contributed by atoms with E-state index in [1.807, 2.05) is 43.3 Å². The van der Waals surface area contributed by atoms with E-state index in [1.54, 1.807) is 0 Å². The van der Waals surface area contributed by atoms with Gasteiger partial charge in [-0.25, -0.2) is 4.98 Å². The Labute approximate surface area is 137 Å². The number of fused-ring (bicyclic) bond motifs is 3. The van der Waals surface area contributed by atoms with Crippen molar-refractivity contribution in [1.29, 1.82) is 0 Å². The molecule has 3 aromatic heterocycles. The zero-order valence-electron chi connectivity index (χ0n) is 11.4. The molecule has 3 heterocycles. The zero-order valence-corrected chi connectivity index (χ0v) is 13.8. The van der Waals surface area contributed by atoms with Gasteiger partial charge in [0, 0.05) is 15.6 Å². The largest absolute Gasteiger partial charge is 0.292 e. The summed E-state index contributed by atoms with van der Waals surface area (Å²) in [5.74, 6) is 0. The van der Waals surface area contributed by atoms with Crippen molar-refractivity contribution in [2.75, 3.05) is 0 Å². The fraction of sp³-hybridized carbons (Fsp3) is 0.0667. The van der Waals surface area contributed by atoms with Crippen LogP contribution in [0, 0.1) is 6.92 Å². The summed E-state index contributed by atoms with van der Waals surface area (Å²) < 4.78 is 2.77. The van der Waals surface area contributed by atoms with Gasteiger partial charge >= 0.3 is 0 Å². The Morgan fingerprint density at radius 2 is 2.09 bits per heavy atom.